The van der Waals surface area contributed by atoms with Crippen LogP contribution < -0.4 is 5.56 Å². The highest BCUT2D eigenvalue weighted by Crippen LogP contribution is 2.26. The third-order valence-corrected chi connectivity index (χ3v) is 3.01. The molecule has 1 saturated heterocycles. The lowest BCUT2D eigenvalue weighted by molar-refractivity contribution is 0.0637. The Kier molecular flexibility index (Phi) is 2.88. The SMILES string of the molecule is CN1CCC(c2cc[nH]c(=O)c2)[C@@H](O)C1. The number of hydrogen-bond donors (Lipinski definition) is 2. The van der Waals surface area contributed by atoms with E-state index >= 15 is 0 Å². The van der Waals surface area contributed by atoms with E-state index in [1.807, 2.05) is 13.1 Å². The summed E-state index contributed by atoms with van der Waals surface area (Å²) in [6, 6.07) is 3.46. The van der Waals surface area contributed by atoms with Crippen molar-refractivity contribution in [3.05, 3.63) is 34.2 Å². The van der Waals surface area contributed by atoms with Crippen molar-refractivity contribution >= 4 is 0 Å². The summed E-state index contributed by atoms with van der Waals surface area (Å²) < 4.78 is 0. The van der Waals surface area contributed by atoms with Crippen molar-refractivity contribution in [3.63, 3.8) is 0 Å². The van der Waals surface area contributed by atoms with Gasteiger partial charge in [-0.05, 0) is 31.6 Å². The lowest BCUT2D eigenvalue weighted by atomic mass is 9.88. The molecule has 4 nitrogen and oxygen atoms in total. The molecule has 2 heterocycles. The van der Waals surface area contributed by atoms with Crippen LogP contribution in [0.15, 0.2) is 23.1 Å². The molecule has 0 spiro atoms. The molecule has 0 saturated carbocycles. The number of aliphatic hydroxyl groups is 1. The number of aliphatic hydroxyl groups excluding tert-OH is 1. The molecule has 0 bridgehead atoms. The molecule has 0 aromatic carbocycles. The van der Waals surface area contributed by atoms with Crippen LogP contribution in [0.1, 0.15) is 17.9 Å². The summed E-state index contributed by atoms with van der Waals surface area (Å²) in [6.07, 6.45) is 2.18. The molecule has 0 aliphatic carbocycles. The minimum Gasteiger partial charge on any atom is -0.391 e. The standard InChI is InChI=1S/C11H16N2O2/c1-13-5-3-9(10(14)7-13)8-2-4-12-11(15)6-8/h2,4,6,9-10,14H,3,5,7H2,1H3,(H,12,15)/t9?,10-/m0/s1. The second-order valence-electron chi connectivity index (χ2n) is 4.21. The van der Waals surface area contributed by atoms with Gasteiger partial charge in [0.2, 0.25) is 5.56 Å². The number of aromatic amines is 1. The largest absolute Gasteiger partial charge is 0.391 e. The number of β-amino-alcohol motifs (C(OH)–C–C–N with tert-alkyl or cyclic N) is 1. The number of likely N-dealkylation sites (N-methyl/N-ethyl adjacent to an activating group) is 1. The van der Waals surface area contributed by atoms with Crippen LogP contribution in [0.3, 0.4) is 0 Å². The zero-order valence-corrected chi connectivity index (χ0v) is 8.81. The Morgan fingerprint density at radius 3 is 3.07 bits per heavy atom. The van der Waals surface area contributed by atoms with E-state index in [1.165, 1.54) is 0 Å². The number of nitrogens with zero attached hydrogens (tertiary/aromatic N) is 1. The molecule has 4 heteroatoms. The van der Waals surface area contributed by atoms with E-state index in [-0.39, 0.29) is 17.6 Å². The van der Waals surface area contributed by atoms with Gasteiger partial charge in [-0.3, -0.25) is 4.79 Å². The van der Waals surface area contributed by atoms with Gasteiger partial charge in [0, 0.05) is 24.7 Å². The van der Waals surface area contributed by atoms with Gasteiger partial charge in [0.05, 0.1) is 6.10 Å². The summed E-state index contributed by atoms with van der Waals surface area (Å²) in [4.78, 5) is 15.8. The quantitative estimate of drug-likeness (QED) is 0.691. The number of piperidine rings is 1. The minimum atomic E-state index is -0.370. The van der Waals surface area contributed by atoms with E-state index in [0.29, 0.717) is 6.54 Å². The molecule has 1 aromatic heterocycles. The summed E-state index contributed by atoms with van der Waals surface area (Å²) in [5.41, 5.74) is 0.845. The molecular formula is C11H16N2O2. The number of rotatable bonds is 1. The highest BCUT2D eigenvalue weighted by molar-refractivity contribution is 5.18. The Bertz CT molecular complexity index is 388. The molecule has 0 radical (unpaired) electrons. The first-order valence-electron chi connectivity index (χ1n) is 5.22. The van der Waals surface area contributed by atoms with Crippen molar-refractivity contribution in [1.82, 2.24) is 9.88 Å². The number of H-pyrrole nitrogens is 1. The lowest BCUT2D eigenvalue weighted by Crippen LogP contribution is -2.40. The Labute approximate surface area is 88.6 Å². The fourth-order valence-electron chi connectivity index (χ4n) is 2.17. The molecular weight excluding hydrogens is 192 g/mol. The number of likely N-dealkylation sites (tertiary alicyclic amines) is 1. The highest BCUT2D eigenvalue weighted by atomic mass is 16.3. The Hall–Kier alpha value is -1.13. The van der Waals surface area contributed by atoms with Gasteiger partial charge in [0.15, 0.2) is 0 Å². The van der Waals surface area contributed by atoms with Crippen LogP contribution in [0.2, 0.25) is 0 Å². The fraction of sp³-hybridized carbons (Fsp3) is 0.545. The third kappa shape index (κ3) is 2.27. The normalized spacial score (nSPS) is 27.9. The summed E-state index contributed by atoms with van der Waals surface area (Å²) in [6.45, 7) is 1.64. The maximum absolute atomic E-state index is 11.2. The maximum atomic E-state index is 11.2. The predicted molar refractivity (Wildman–Crippen MR) is 57.9 cm³/mol. The molecule has 82 valence electrons. The molecule has 2 atom stereocenters. The zero-order chi connectivity index (χ0) is 10.8. The summed E-state index contributed by atoms with van der Waals surface area (Å²) in [5, 5.41) is 9.93. The number of aromatic nitrogens is 1. The van der Waals surface area contributed by atoms with Crippen LogP contribution >= 0.6 is 0 Å². The molecule has 15 heavy (non-hydrogen) atoms. The van der Waals surface area contributed by atoms with Crippen LogP contribution in [0.4, 0.5) is 0 Å². The van der Waals surface area contributed by atoms with E-state index in [9.17, 15) is 9.90 Å². The molecule has 1 aromatic rings. The molecule has 2 N–H and O–H groups in total. The van der Waals surface area contributed by atoms with Gasteiger partial charge in [0.1, 0.15) is 0 Å². The van der Waals surface area contributed by atoms with Gasteiger partial charge in [-0.15, -0.1) is 0 Å². The summed E-state index contributed by atoms with van der Waals surface area (Å²) in [5.74, 6) is 0.100. The van der Waals surface area contributed by atoms with Crippen molar-refractivity contribution < 1.29 is 5.11 Å². The van der Waals surface area contributed by atoms with E-state index in [2.05, 4.69) is 9.88 Å². The predicted octanol–water partition coefficient (Wildman–Crippen LogP) is 0.155. The third-order valence-electron chi connectivity index (χ3n) is 3.01. The Balaban J connectivity index is 2.20. The van der Waals surface area contributed by atoms with Crippen LogP contribution in [0, 0.1) is 0 Å². The molecule has 1 aliphatic rings. The zero-order valence-electron chi connectivity index (χ0n) is 8.81. The highest BCUT2D eigenvalue weighted by Gasteiger charge is 2.27. The average molecular weight is 208 g/mol. The first-order chi connectivity index (χ1) is 7.16. The Morgan fingerprint density at radius 2 is 2.40 bits per heavy atom. The monoisotopic (exact) mass is 208 g/mol. The number of pyridine rings is 1. The molecule has 1 fully saturated rings. The van der Waals surface area contributed by atoms with Crippen LogP contribution in [-0.4, -0.2) is 41.2 Å². The smallest absolute Gasteiger partial charge is 0.248 e. The van der Waals surface area contributed by atoms with Gasteiger partial charge >= 0.3 is 0 Å². The second kappa shape index (κ2) is 4.16. The number of nitrogens with one attached hydrogen (secondary N) is 1. The Morgan fingerprint density at radius 1 is 1.60 bits per heavy atom. The van der Waals surface area contributed by atoms with Crippen molar-refractivity contribution in [2.75, 3.05) is 20.1 Å². The van der Waals surface area contributed by atoms with Crippen molar-refractivity contribution in [3.8, 4) is 0 Å². The second-order valence-corrected chi connectivity index (χ2v) is 4.21. The number of hydrogen-bond acceptors (Lipinski definition) is 3. The van der Waals surface area contributed by atoms with Crippen LogP contribution in [0.25, 0.3) is 0 Å². The lowest BCUT2D eigenvalue weighted by Gasteiger charge is -2.33. The minimum absolute atomic E-state index is 0.0985. The first-order valence-corrected chi connectivity index (χ1v) is 5.22. The van der Waals surface area contributed by atoms with E-state index in [1.54, 1.807) is 12.3 Å². The van der Waals surface area contributed by atoms with E-state index in [0.717, 1.165) is 18.5 Å². The molecule has 0 amide bonds. The van der Waals surface area contributed by atoms with E-state index < -0.39 is 0 Å². The van der Waals surface area contributed by atoms with Gasteiger partial charge in [-0.25, -0.2) is 0 Å². The molecule has 2 rings (SSSR count). The van der Waals surface area contributed by atoms with Gasteiger partial charge in [0.25, 0.3) is 0 Å². The molecule has 1 unspecified atom stereocenters. The first kappa shape index (κ1) is 10.4. The van der Waals surface area contributed by atoms with Crippen molar-refractivity contribution in [2.24, 2.45) is 0 Å². The summed E-state index contributed by atoms with van der Waals surface area (Å²) in [7, 11) is 2.00. The molecule has 1 aliphatic heterocycles. The topological polar surface area (TPSA) is 56.3 Å². The van der Waals surface area contributed by atoms with Gasteiger partial charge < -0.3 is 15.0 Å². The fourth-order valence-corrected chi connectivity index (χ4v) is 2.17. The van der Waals surface area contributed by atoms with Crippen molar-refractivity contribution in [1.29, 1.82) is 0 Å². The van der Waals surface area contributed by atoms with E-state index in [4.69, 9.17) is 0 Å². The van der Waals surface area contributed by atoms with Crippen LogP contribution in [0.5, 0.6) is 0 Å². The van der Waals surface area contributed by atoms with Gasteiger partial charge in [-0.2, -0.15) is 0 Å². The average Bonchev–Trinajstić information content (AvgIpc) is 2.17. The summed E-state index contributed by atoms with van der Waals surface area (Å²) >= 11 is 0. The van der Waals surface area contributed by atoms with Crippen LogP contribution in [-0.2, 0) is 0 Å². The van der Waals surface area contributed by atoms with Gasteiger partial charge in [-0.1, -0.05) is 0 Å². The maximum Gasteiger partial charge on any atom is 0.248 e. The van der Waals surface area contributed by atoms with Crippen molar-refractivity contribution in [2.45, 2.75) is 18.4 Å².